The van der Waals surface area contributed by atoms with Crippen molar-refractivity contribution in [3.63, 3.8) is 0 Å². The summed E-state index contributed by atoms with van der Waals surface area (Å²) in [6.07, 6.45) is 0. The molecule has 3 aromatic rings. The molecule has 0 unspecified atom stereocenters. The van der Waals surface area contributed by atoms with Crippen LogP contribution in [0.25, 0.3) is 0 Å². The summed E-state index contributed by atoms with van der Waals surface area (Å²) in [6.45, 7) is 0. The summed E-state index contributed by atoms with van der Waals surface area (Å²) in [5.41, 5.74) is 0.597. The molecule has 0 radical (unpaired) electrons. The Morgan fingerprint density at radius 2 is 1.79 bits per heavy atom. The van der Waals surface area contributed by atoms with Gasteiger partial charge >= 0.3 is 0 Å². The van der Waals surface area contributed by atoms with E-state index in [9.17, 15) is 13.2 Å². The lowest BCUT2D eigenvalue weighted by molar-refractivity contribution is 0.0995. The molecule has 0 spiro atoms. The van der Waals surface area contributed by atoms with Crippen LogP contribution in [0.1, 0.15) is 10.6 Å². The van der Waals surface area contributed by atoms with E-state index in [0.29, 0.717) is 10.4 Å². The van der Waals surface area contributed by atoms with Gasteiger partial charge in [-0.1, -0.05) is 18.2 Å². The highest BCUT2D eigenvalue weighted by Gasteiger charge is 2.18. The summed E-state index contributed by atoms with van der Waals surface area (Å²) in [7, 11) is -3.70. The number of hydrogen-bond acceptors (Lipinski definition) is 5. The summed E-state index contributed by atoms with van der Waals surface area (Å²) in [5.74, 6) is -0.374. The molecule has 0 aliphatic carbocycles. The number of thiophene rings is 1. The average molecular weight is 427 g/mol. The molecule has 0 saturated carbocycles. The predicted molar refractivity (Wildman–Crippen MR) is 95.9 cm³/mol. The lowest BCUT2D eigenvalue weighted by atomic mass is 10.2. The number of furan rings is 1. The molecule has 1 aromatic carbocycles. The van der Waals surface area contributed by atoms with Crippen LogP contribution in [0.15, 0.2) is 67.2 Å². The maximum atomic E-state index is 12.3. The number of amides is 1. The van der Waals surface area contributed by atoms with Gasteiger partial charge in [-0.15, -0.1) is 11.3 Å². The number of nitrogens with one attached hydrogen (secondary N) is 2. The van der Waals surface area contributed by atoms with E-state index >= 15 is 0 Å². The normalized spacial score (nSPS) is 11.2. The van der Waals surface area contributed by atoms with Crippen molar-refractivity contribution >= 4 is 54.6 Å². The van der Waals surface area contributed by atoms with E-state index in [1.165, 1.54) is 12.1 Å². The average Bonchev–Trinajstić information content (AvgIpc) is 3.20. The van der Waals surface area contributed by atoms with Crippen LogP contribution in [-0.2, 0) is 10.0 Å². The van der Waals surface area contributed by atoms with Crippen molar-refractivity contribution in [3.8, 4) is 0 Å². The second-order valence-electron chi connectivity index (χ2n) is 4.64. The highest BCUT2D eigenvalue weighted by Crippen LogP contribution is 2.27. The van der Waals surface area contributed by atoms with Crippen LogP contribution in [-0.4, -0.2) is 14.3 Å². The van der Waals surface area contributed by atoms with Gasteiger partial charge < -0.3 is 9.73 Å². The summed E-state index contributed by atoms with van der Waals surface area (Å²) in [6, 6.07) is 12.8. The monoisotopic (exact) mass is 426 g/mol. The smallest absolute Gasteiger partial charge is 0.291 e. The number of sulfonamides is 1. The van der Waals surface area contributed by atoms with E-state index < -0.39 is 15.9 Å². The third-order valence-electron chi connectivity index (χ3n) is 2.98. The third-order valence-corrected chi connectivity index (χ3v) is 6.17. The number of hydrogen-bond donors (Lipinski definition) is 2. The number of benzene rings is 1. The van der Waals surface area contributed by atoms with Crippen LogP contribution in [0.3, 0.4) is 0 Å². The zero-order valence-electron chi connectivity index (χ0n) is 12.0. The highest BCUT2D eigenvalue weighted by atomic mass is 79.9. The molecule has 24 heavy (non-hydrogen) atoms. The van der Waals surface area contributed by atoms with Crippen LogP contribution in [0.2, 0.25) is 0 Å². The molecular formula is C15H11BrN2O4S2. The van der Waals surface area contributed by atoms with Crippen molar-refractivity contribution in [3.05, 3.63) is 64.3 Å². The Morgan fingerprint density at radius 3 is 2.42 bits per heavy atom. The van der Waals surface area contributed by atoms with Gasteiger partial charge in [-0.3, -0.25) is 9.52 Å². The predicted octanol–water partition coefficient (Wildman–Crippen LogP) is 4.16. The van der Waals surface area contributed by atoms with Crippen LogP contribution < -0.4 is 10.0 Å². The molecule has 0 aliphatic rings. The molecule has 2 heterocycles. The number of carbonyl (C=O) groups is 1. The minimum Gasteiger partial charge on any atom is -0.444 e. The molecule has 2 aromatic heterocycles. The van der Waals surface area contributed by atoms with Crippen LogP contribution >= 0.6 is 27.3 Å². The fourth-order valence-electron chi connectivity index (χ4n) is 1.91. The standard InChI is InChI=1S/C15H11BrN2O4S2/c16-13-8-7-12(22-13)15(19)17-10-4-1-2-5-11(10)18-24(20,21)14-6-3-9-23-14/h1-9,18H,(H,17,19). The molecule has 0 atom stereocenters. The number of rotatable bonds is 5. The molecule has 0 bridgehead atoms. The molecule has 0 saturated heterocycles. The van der Waals surface area contributed by atoms with Crippen LogP contribution in [0, 0.1) is 0 Å². The molecule has 2 N–H and O–H groups in total. The Balaban J connectivity index is 1.85. The molecule has 1 amide bonds. The van der Waals surface area contributed by atoms with Gasteiger partial charge in [-0.2, -0.15) is 0 Å². The van der Waals surface area contributed by atoms with E-state index in [2.05, 4.69) is 26.0 Å². The van der Waals surface area contributed by atoms with Crippen molar-refractivity contribution in [1.29, 1.82) is 0 Å². The summed E-state index contributed by atoms with van der Waals surface area (Å²) >= 11 is 4.24. The first kappa shape index (κ1) is 16.7. The van der Waals surface area contributed by atoms with Crippen LogP contribution in [0.4, 0.5) is 11.4 Å². The molecule has 9 heteroatoms. The minimum atomic E-state index is -3.70. The van der Waals surface area contributed by atoms with Gasteiger partial charge in [-0.25, -0.2) is 8.42 Å². The van der Waals surface area contributed by atoms with E-state index in [0.717, 1.165) is 11.3 Å². The zero-order valence-corrected chi connectivity index (χ0v) is 15.2. The molecule has 6 nitrogen and oxygen atoms in total. The lowest BCUT2D eigenvalue weighted by Gasteiger charge is -2.12. The van der Waals surface area contributed by atoms with Gasteiger partial charge in [0.05, 0.1) is 11.4 Å². The second kappa shape index (κ2) is 6.80. The van der Waals surface area contributed by atoms with Gasteiger partial charge in [0.1, 0.15) is 4.21 Å². The first-order valence-electron chi connectivity index (χ1n) is 6.68. The first-order chi connectivity index (χ1) is 11.5. The fourth-order valence-corrected chi connectivity index (χ4v) is 4.29. The van der Waals surface area contributed by atoms with Crippen LogP contribution in [0.5, 0.6) is 0 Å². The Labute approximate surface area is 150 Å². The van der Waals surface area contributed by atoms with Crippen molar-refractivity contribution in [1.82, 2.24) is 0 Å². The third kappa shape index (κ3) is 3.69. The van der Waals surface area contributed by atoms with Gasteiger partial charge in [-0.05, 0) is 51.6 Å². The van der Waals surface area contributed by atoms with E-state index in [1.807, 2.05) is 0 Å². The maximum absolute atomic E-state index is 12.3. The topological polar surface area (TPSA) is 88.4 Å². The Hall–Kier alpha value is -2.10. The molecular weight excluding hydrogens is 416 g/mol. The number of anilines is 2. The van der Waals surface area contributed by atoms with E-state index in [4.69, 9.17) is 4.42 Å². The molecule has 0 aliphatic heterocycles. The summed E-state index contributed by atoms with van der Waals surface area (Å²) < 4.78 is 33.0. The van der Waals surface area contributed by atoms with E-state index in [-0.39, 0.29) is 15.7 Å². The fraction of sp³-hybridized carbons (Fsp3) is 0. The Morgan fingerprint density at radius 1 is 1.04 bits per heavy atom. The molecule has 124 valence electrons. The largest absolute Gasteiger partial charge is 0.444 e. The SMILES string of the molecule is O=C(Nc1ccccc1NS(=O)(=O)c1cccs1)c1ccc(Br)o1. The quantitative estimate of drug-likeness (QED) is 0.640. The number of carbonyl (C=O) groups excluding carboxylic acids is 1. The number of halogens is 1. The molecule has 3 rings (SSSR count). The van der Waals surface area contributed by atoms with Gasteiger partial charge in [0.2, 0.25) is 0 Å². The number of para-hydroxylation sites is 2. The Bertz CT molecular complexity index is 965. The second-order valence-corrected chi connectivity index (χ2v) is 8.28. The first-order valence-corrected chi connectivity index (χ1v) is 9.83. The van der Waals surface area contributed by atoms with Gasteiger partial charge in [0, 0.05) is 0 Å². The van der Waals surface area contributed by atoms with E-state index in [1.54, 1.807) is 41.8 Å². The van der Waals surface area contributed by atoms with Crippen molar-refractivity contribution < 1.29 is 17.6 Å². The highest BCUT2D eigenvalue weighted by molar-refractivity contribution is 9.10. The van der Waals surface area contributed by atoms with Crippen molar-refractivity contribution in [2.75, 3.05) is 10.0 Å². The lowest BCUT2D eigenvalue weighted by Crippen LogP contribution is -2.16. The summed E-state index contributed by atoms with van der Waals surface area (Å²) in [4.78, 5) is 12.2. The van der Waals surface area contributed by atoms with Crippen molar-refractivity contribution in [2.45, 2.75) is 4.21 Å². The maximum Gasteiger partial charge on any atom is 0.291 e. The molecule has 0 fully saturated rings. The van der Waals surface area contributed by atoms with Crippen molar-refractivity contribution in [2.24, 2.45) is 0 Å². The van der Waals surface area contributed by atoms with Gasteiger partial charge in [0.15, 0.2) is 10.4 Å². The van der Waals surface area contributed by atoms with Gasteiger partial charge in [0.25, 0.3) is 15.9 Å². The minimum absolute atomic E-state index is 0.109. The summed E-state index contributed by atoms with van der Waals surface area (Å²) in [5, 5.41) is 4.31. The Kier molecular flexibility index (Phi) is 4.74. The zero-order chi connectivity index (χ0) is 17.2.